The van der Waals surface area contributed by atoms with Gasteiger partial charge in [-0.2, -0.15) is 0 Å². The summed E-state index contributed by atoms with van der Waals surface area (Å²) in [4.78, 5) is 4.77. The molecule has 1 fully saturated rings. The van der Waals surface area contributed by atoms with Crippen molar-refractivity contribution >= 4 is 0 Å². The van der Waals surface area contributed by atoms with E-state index >= 15 is 0 Å². The lowest BCUT2D eigenvalue weighted by Gasteiger charge is -2.37. The molecule has 0 aliphatic carbocycles. The zero-order valence-corrected chi connectivity index (χ0v) is 13.4. The molecule has 1 aromatic rings. The van der Waals surface area contributed by atoms with Crippen molar-refractivity contribution < 1.29 is 4.39 Å². The van der Waals surface area contributed by atoms with Crippen LogP contribution in [0.2, 0.25) is 0 Å². The van der Waals surface area contributed by atoms with Crippen molar-refractivity contribution in [3.05, 3.63) is 35.6 Å². The molecule has 1 heterocycles. The van der Waals surface area contributed by atoms with Gasteiger partial charge in [0.1, 0.15) is 5.82 Å². The third-order valence-electron chi connectivity index (χ3n) is 4.44. The van der Waals surface area contributed by atoms with Gasteiger partial charge in [0.25, 0.3) is 0 Å². The molecule has 1 aliphatic heterocycles. The summed E-state index contributed by atoms with van der Waals surface area (Å²) in [6.45, 7) is 4.25. The van der Waals surface area contributed by atoms with Crippen LogP contribution >= 0.6 is 0 Å². The molecule has 0 saturated carbocycles. The van der Waals surface area contributed by atoms with Gasteiger partial charge in [0.2, 0.25) is 0 Å². The molecule has 21 heavy (non-hydrogen) atoms. The van der Waals surface area contributed by atoms with Gasteiger partial charge in [-0.1, -0.05) is 19.1 Å². The summed E-state index contributed by atoms with van der Waals surface area (Å²) in [6, 6.07) is 7.67. The number of nitrogens with two attached hydrogens (primary N) is 1. The maximum atomic E-state index is 13.2. The lowest BCUT2D eigenvalue weighted by molar-refractivity contribution is 0.132. The number of nitrogens with zero attached hydrogens (tertiary/aromatic N) is 2. The highest BCUT2D eigenvalue weighted by atomic mass is 19.1. The van der Waals surface area contributed by atoms with Crippen molar-refractivity contribution in [1.82, 2.24) is 9.80 Å². The minimum atomic E-state index is -0.186. The molecule has 118 valence electrons. The monoisotopic (exact) mass is 293 g/mol. The molecule has 0 amide bonds. The Bertz CT molecular complexity index is 432. The number of likely N-dealkylation sites (tertiary alicyclic amines) is 1. The summed E-state index contributed by atoms with van der Waals surface area (Å²) >= 11 is 0. The van der Waals surface area contributed by atoms with E-state index in [0.29, 0.717) is 6.04 Å². The Balaban J connectivity index is 2.24. The van der Waals surface area contributed by atoms with Crippen LogP contribution in [-0.4, -0.2) is 49.1 Å². The van der Waals surface area contributed by atoms with Crippen LogP contribution in [0.25, 0.3) is 0 Å². The minimum absolute atomic E-state index is 0.0817. The largest absolute Gasteiger partial charge is 0.326 e. The van der Waals surface area contributed by atoms with Crippen LogP contribution in [0.4, 0.5) is 4.39 Å². The summed E-state index contributed by atoms with van der Waals surface area (Å²) in [5, 5.41) is 0. The second-order valence-corrected chi connectivity index (χ2v) is 6.36. The van der Waals surface area contributed by atoms with Crippen LogP contribution in [0.5, 0.6) is 0 Å². The summed E-state index contributed by atoms with van der Waals surface area (Å²) in [5.41, 5.74) is 7.55. The molecular formula is C17H28FN3. The van der Waals surface area contributed by atoms with Crippen molar-refractivity contribution in [2.45, 2.75) is 44.3 Å². The lowest BCUT2D eigenvalue weighted by Crippen LogP contribution is -2.46. The molecule has 3 nitrogen and oxygen atoms in total. The molecule has 1 aromatic carbocycles. The van der Waals surface area contributed by atoms with E-state index in [4.69, 9.17) is 5.73 Å². The number of halogens is 1. The van der Waals surface area contributed by atoms with Crippen molar-refractivity contribution in [1.29, 1.82) is 0 Å². The van der Waals surface area contributed by atoms with E-state index < -0.39 is 0 Å². The van der Waals surface area contributed by atoms with Crippen molar-refractivity contribution in [2.24, 2.45) is 5.73 Å². The van der Waals surface area contributed by atoms with E-state index in [1.807, 2.05) is 12.1 Å². The highest BCUT2D eigenvalue weighted by Gasteiger charge is 2.34. The fourth-order valence-electron chi connectivity index (χ4n) is 3.41. The highest BCUT2D eigenvalue weighted by Crippen LogP contribution is 2.32. The minimum Gasteiger partial charge on any atom is -0.326 e. The zero-order valence-electron chi connectivity index (χ0n) is 13.4. The number of hydrogen-bond donors (Lipinski definition) is 1. The van der Waals surface area contributed by atoms with Crippen LogP contribution in [-0.2, 0) is 0 Å². The van der Waals surface area contributed by atoms with E-state index in [1.165, 1.54) is 12.8 Å². The topological polar surface area (TPSA) is 32.5 Å². The first kappa shape index (κ1) is 16.4. The second kappa shape index (κ2) is 7.34. The maximum Gasteiger partial charge on any atom is 0.123 e. The Morgan fingerprint density at radius 3 is 2.57 bits per heavy atom. The smallest absolute Gasteiger partial charge is 0.123 e. The molecule has 1 aliphatic rings. The van der Waals surface area contributed by atoms with Gasteiger partial charge >= 0.3 is 0 Å². The Morgan fingerprint density at radius 2 is 2.00 bits per heavy atom. The van der Waals surface area contributed by atoms with E-state index in [-0.39, 0.29) is 17.9 Å². The maximum absolute atomic E-state index is 13.2. The Kier molecular flexibility index (Phi) is 5.73. The number of rotatable bonds is 6. The molecule has 3 unspecified atom stereocenters. The first-order valence-corrected chi connectivity index (χ1v) is 7.94. The van der Waals surface area contributed by atoms with E-state index in [0.717, 1.165) is 25.1 Å². The molecule has 1 saturated heterocycles. The Hall–Kier alpha value is -0.970. The second-order valence-electron chi connectivity index (χ2n) is 6.36. The zero-order chi connectivity index (χ0) is 15.4. The van der Waals surface area contributed by atoms with Gasteiger partial charge in [-0.15, -0.1) is 0 Å². The first-order chi connectivity index (χ1) is 10.0. The molecular weight excluding hydrogens is 265 g/mol. The molecule has 2 rings (SSSR count). The van der Waals surface area contributed by atoms with Crippen molar-refractivity contribution in [3.63, 3.8) is 0 Å². The number of benzene rings is 1. The average Bonchev–Trinajstić information content (AvgIpc) is 2.88. The van der Waals surface area contributed by atoms with E-state index in [1.54, 1.807) is 12.1 Å². The summed E-state index contributed by atoms with van der Waals surface area (Å²) in [6.07, 6.45) is 3.35. The van der Waals surface area contributed by atoms with Crippen LogP contribution in [0.3, 0.4) is 0 Å². The standard InChI is InChI=1S/C17H28FN3/c1-4-16(19)17(13-7-9-14(18)10-8-13)21-11-5-6-15(21)12-20(2)3/h7-10,15-17H,4-6,11-12,19H2,1-3H3. The van der Waals surface area contributed by atoms with Gasteiger partial charge in [0.15, 0.2) is 0 Å². The highest BCUT2D eigenvalue weighted by molar-refractivity contribution is 5.22. The van der Waals surface area contributed by atoms with Gasteiger partial charge in [-0.05, 0) is 57.6 Å². The van der Waals surface area contributed by atoms with E-state index in [9.17, 15) is 4.39 Å². The molecule has 3 atom stereocenters. The number of hydrogen-bond acceptors (Lipinski definition) is 3. The van der Waals surface area contributed by atoms with Crippen molar-refractivity contribution in [2.75, 3.05) is 27.2 Å². The summed E-state index contributed by atoms with van der Waals surface area (Å²) < 4.78 is 13.2. The van der Waals surface area contributed by atoms with Gasteiger partial charge in [-0.3, -0.25) is 4.90 Å². The molecule has 2 N–H and O–H groups in total. The van der Waals surface area contributed by atoms with Gasteiger partial charge < -0.3 is 10.6 Å². The third kappa shape index (κ3) is 4.02. The fraction of sp³-hybridized carbons (Fsp3) is 0.647. The van der Waals surface area contributed by atoms with E-state index in [2.05, 4.69) is 30.8 Å². The molecule has 0 bridgehead atoms. The van der Waals surface area contributed by atoms with Crippen LogP contribution in [0.1, 0.15) is 37.8 Å². The lowest BCUT2D eigenvalue weighted by atomic mass is 9.95. The normalized spacial score (nSPS) is 22.7. The summed E-state index contributed by atoms with van der Waals surface area (Å²) in [7, 11) is 4.23. The first-order valence-electron chi connectivity index (χ1n) is 7.94. The predicted molar refractivity (Wildman–Crippen MR) is 85.7 cm³/mol. The predicted octanol–water partition coefficient (Wildman–Crippen LogP) is 2.63. The molecule has 0 aromatic heterocycles. The quantitative estimate of drug-likeness (QED) is 0.875. The van der Waals surface area contributed by atoms with Gasteiger partial charge in [0, 0.05) is 18.6 Å². The summed E-state index contributed by atoms with van der Waals surface area (Å²) in [5.74, 6) is -0.186. The Morgan fingerprint density at radius 1 is 1.33 bits per heavy atom. The van der Waals surface area contributed by atoms with Crippen LogP contribution < -0.4 is 5.73 Å². The van der Waals surface area contributed by atoms with Crippen LogP contribution in [0.15, 0.2) is 24.3 Å². The average molecular weight is 293 g/mol. The van der Waals surface area contributed by atoms with Crippen LogP contribution in [0, 0.1) is 5.82 Å². The Labute approximate surface area is 127 Å². The van der Waals surface area contributed by atoms with Gasteiger partial charge in [0.05, 0.1) is 6.04 Å². The fourth-order valence-corrected chi connectivity index (χ4v) is 3.41. The molecule has 4 heteroatoms. The van der Waals surface area contributed by atoms with Crippen molar-refractivity contribution in [3.8, 4) is 0 Å². The van der Waals surface area contributed by atoms with Gasteiger partial charge in [-0.25, -0.2) is 4.39 Å². The third-order valence-corrected chi connectivity index (χ3v) is 4.44. The molecule has 0 spiro atoms. The SMILES string of the molecule is CCC(N)C(c1ccc(F)cc1)N1CCCC1CN(C)C. The number of likely N-dealkylation sites (N-methyl/N-ethyl adjacent to an activating group) is 1. The molecule has 0 radical (unpaired) electrons.